The molecule has 246 valence electrons. The quantitative estimate of drug-likeness (QED) is 0.123. The fourth-order valence-electron chi connectivity index (χ4n) is 5.71. The molecule has 0 fully saturated rings. The zero-order chi connectivity index (χ0) is 34.0. The second kappa shape index (κ2) is 16.1. The summed E-state index contributed by atoms with van der Waals surface area (Å²) < 4.78 is 14.9. The molecule has 8 heteroatoms. The van der Waals surface area contributed by atoms with Crippen molar-refractivity contribution in [3.05, 3.63) is 147 Å². The molecular weight excluding hydrogens is 597 g/mol. The van der Waals surface area contributed by atoms with Crippen molar-refractivity contribution in [3.63, 3.8) is 0 Å². The van der Waals surface area contributed by atoms with Crippen molar-refractivity contribution in [1.29, 1.82) is 0 Å². The van der Waals surface area contributed by atoms with Crippen LogP contribution in [0, 0.1) is 12.7 Å². The van der Waals surface area contributed by atoms with E-state index in [2.05, 4.69) is 73.9 Å². The molecule has 0 bridgehead atoms. The first-order chi connectivity index (χ1) is 23.2. The van der Waals surface area contributed by atoms with Gasteiger partial charge in [0.05, 0.1) is 11.0 Å². The Morgan fingerprint density at radius 3 is 2.52 bits per heavy atom. The van der Waals surface area contributed by atoms with Crippen molar-refractivity contribution in [2.75, 3.05) is 20.6 Å². The summed E-state index contributed by atoms with van der Waals surface area (Å²) in [4.78, 5) is 15.1. The van der Waals surface area contributed by atoms with Gasteiger partial charge < -0.3 is 15.2 Å². The molecule has 0 spiro atoms. The predicted octanol–water partition coefficient (Wildman–Crippen LogP) is 6.34. The number of rotatable bonds is 14. The topological polar surface area (TPSA) is 85.5 Å². The lowest BCUT2D eigenvalue weighted by atomic mass is 9.97. The van der Waals surface area contributed by atoms with Gasteiger partial charge in [-0.25, -0.2) is 9.37 Å². The number of pyridine rings is 1. The summed E-state index contributed by atoms with van der Waals surface area (Å²) in [5, 5.41) is 12.6. The Morgan fingerprint density at radius 1 is 1.00 bits per heavy atom. The summed E-state index contributed by atoms with van der Waals surface area (Å²) in [6.07, 6.45) is 13.2. The van der Waals surface area contributed by atoms with Crippen molar-refractivity contribution in [1.82, 2.24) is 35.4 Å². The van der Waals surface area contributed by atoms with Crippen LogP contribution in [0.3, 0.4) is 0 Å². The number of nitrogens with zero attached hydrogens (tertiary/aromatic N) is 4. The van der Waals surface area contributed by atoms with Crippen LogP contribution in [0.25, 0.3) is 35.3 Å². The monoisotopic (exact) mass is 641 g/mol. The lowest BCUT2D eigenvalue weighted by Gasteiger charge is -2.11. The normalized spacial score (nSPS) is 12.7. The van der Waals surface area contributed by atoms with Crippen molar-refractivity contribution >= 4 is 23.8 Å². The van der Waals surface area contributed by atoms with Crippen LogP contribution in [0.1, 0.15) is 52.5 Å². The number of nitrogens with one attached hydrogen (secondary N) is 3. The van der Waals surface area contributed by atoms with Gasteiger partial charge in [-0.15, -0.1) is 0 Å². The second-order valence-corrected chi connectivity index (χ2v) is 12.2. The predicted molar refractivity (Wildman–Crippen MR) is 196 cm³/mol. The molecule has 48 heavy (non-hydrogen) atoms. The Labute approximate surface area is 282 Å². The van der Waals surface area contributed by atoms with Gasteiger partial charge in [0.1, 0.15) is 11.5 Å². The van der Waals surface area contributed by atoms with Crippen LogP contribution in [-0.4, -0.2) is 50.7 Å². The smallest absolute Gasteiger partial charge is 0.159 e. The number of aryl methyl sites for hydroxylation is 2. The summed E-state index contributed by atoms with van der Waals surface area (Å²) in [5.74, 6) is 0.316. The highest BCUT2D eigenvalue weighted by Gasteiger charge is 2.18. The largest absolute Gasteiger partial charge is 0.340 e. The number of hydrogen-bond donors (Lipinski definition) is 3. The Hall–Kier alpha value is -5.18. The average molecular weight is 642 g/mol. The molecule has 0 amide bonds. The van der Waals surface area contributed by atoms with E-state index in [-0.39, 0.29) is 5.82 Å². The molecule has 0 aliphatic rings. The van der Waals surface area contributed by atoms with Crippen LogP contribution in [0.2, 0.25) is 0 Å². The second-order valence-electron chi connectivity index (χ2n) is 12.2. The van der Waals surface area contributed by atoms with Crippen molar-refractivity contribution in [2.24, 2.45) is 0 Å². The number of imidazole rings is 1. The maximum absolute atomic E-state index is 14.9. The first kappa shape index (κ1) is 34.2. The molecule has 7 nitrogen and oxygen atoms in total. The van der Waals surface area contributed by atoms with E-state index in [1.165, 1.54) is 5.56 Å². The maximum atomic E-state index is 14.9. The molecule has 2 aromatic carbocycles. The summed E-state index contributed by atoms with van der Waals surface area (Å²) in [7, 11) is 4.09. The van der Waals surface area contributed by atoms with Crippen LogP contribution in [0.5, 0.6) is 0 Å². The minimum Gasteiger partial charge on any atom is -0.340 e. The first-order valence-corrected chi connectivity index (χ1v) is 16.2. The van der Waals surface area contributed by atoms with Crippen molar-refractivity contribution < 1.29 is 4.39 Å². The van der Waals surface area contributed by atoms with Gasteiger partial charge in [0.15, 0.2) is 5.82 Å². The number of aromatic amines is 2. The summed E-state index contributed by atoms with van der Waals surface area (Å²) in [5.41, 5.74) is 8.97. The third-order valence-corrected chi connectivity index (χ3v) is 8.11. The molecule has 5 rings (SSSR count). The number of aromatic nitrogens is 5. The maximum Gasteiger partial charge on any atom is 0.159 e. The van der Waals surface area contributed by atoms with Crippen LogP contribution in [-0.2, 0) is 19.5 Å². The minimum atomic E-state index is -0.272. The zero-order valence-corrected chi connectivity index (χ0v) is 28.3. The molecule has 0 unspecified atom stereocenters. The van der Waals surface area contributed by atoms with Gasteiger partial charge in [0.25, 0.3) is 0 Å². The third kappa shape index (κ3) is 8.59. The van der Waals surface area contributed by atoms with Crippen molar-refractivity contribution in [2.45, 2.75) is 39.8 Å². The van der Waals surface area contributed by atoms with Gasteiger partial charge in [-0.05, 0) is 99.4 Å². The third-order valence-electron chi connectivity index (χ3n) is 8.11. The number of hydrogen-bond acceptors (Lipinski definition) is 5. The van der Waals surface area contributed by atoms with Gasteiger partial charge in [-0.1, -0.05) is 67.8 Å². The number of allylic oxidation sites excluding steroid dienone is 4. The van der Waals surface area contributed by atoms with E-state index >= 15 is 0 Å². The molecule has 0 aliphatic heterocycles. The fraction of sp³-hybridized carbons (Fsp3) is 0.225. The standard InChI is InChI=1S/C40H44FN7/c1-7-13-36(33-18-30(20-35(41)21-33)16-12-17-48(5)6)38-28(4)44-40(45-38)39-37(27(3)46-47-39)22-32(8-2)34-19-31(25-43-26-34)24-42-23-29-14-10-9-11-15-29/h7-11,13-15,18-22,25-26,42,46H,1,3,12,16-17,23-24H2,2,4-6H3,(H,44,45)/b32-8+,36-13-,37-22+. The van der Waals surface area contributed by atoms with Gasteiger partial charge in [0, 0.05) is 47.5 Å². The molecule has 0 atom stereocenters. The van der Waals surface area contributed by atoms with Gasteiger partial charge >= 0.3 is 0 Å². The highest BCUT2D eigenvalue weighted by molar-refractivity contribution is 5.89. The molecule has 0 saturated heterocycles. The summed E-state index contributed by atoms with van der Waals surface area (Å²) >= 11 is 0. The van der Waals surface area contributed by atoms with Gasteiger partial charge in [-0.2, -0.15) is 5.10 Å². The molecule has 0 saturated carbocycles. The lowest BCUT2D eigenvalue weighted by Crippen LogP contribution is -2.22. The molecule has 3 N–H and O–H groups in total. The Bertz CT molecular complexity index is 2030. The van der Waals surface area contributed by atoms with E-state index in [1.54, 1.807) is 18.2 Å². The highest BCUT2D eigenvalue weighted by atomic mass is 19.1. The number of H-pyrrole nitrogens is 2. The van der Waals surface area contributed by atoms with E-state index in [4.69, 9.17) is 4.98 Å². The fourth-order valence-corrected chi connectivity index (χ4v) is 5.71. The Kier molecular flexibility index (Phi) is 11.4. The van der Waals surface area contributed by atoms with E-state index in [9.17, 15) is 4.39 Å². The number of benzene rings is 2. The van der Waals surface area contributed by atoms with Crippen LogP contribution < -0.4 is 15.9 Å². The molecule has 3 aromatic heterocycles. The lowest BCUT2D eigenvalue weighted by molar-refractivity contribution is 0.400. The minimum absolute atomic E-state index is 0.272. The molecule has 5 aromatic rings. The molecule has 3 heterocycles. The molecule has 0 aliphatic carbocycles. The average Bonchev–Trinajstić information content (AvgIpc) is 3.63. The Balaban J connectivity index is 1.43. The number of halogens is 1. The van der Waals surface area contributed by atoms with E-state index < -0.39 is 0 Å². The zero-order valence-electron chi connectivity index (χ0n) is 28.3. The van der Waals surface area contributed by atoms with Gasteiger partial charge in [-0.3, -0.25) is 10.1 Å². The van der Waals surface area contributed by atoms with Crippen LogP contribution in [0.4, 0.5) is 4.39 Å². The highest BCUT2D eigenvalue weighted by Crippen LogP contribution is 2.28. The van der Waals surface area contributed by atoms with E-state index in [0.717, 1.165) is 70.2 Å². The van der Waals surface area contributed by atoms with E-state index in [1.807, 2.05) is 70.7 Å². The van der Waals surface area contributed by atoms with Crippen molar-refractivity contribution in [3.8, 4) is 11.5 Å². The Morgan fingerprint density at radius 2 is 1.77 bits per heavy atom. The van der Waals surface area contributed by atoms with Gasteiger partial charge in [0.2, 0.25) is 0 Å². The van der Waals surface area contributed by atoms with Crippen LogP contribution >= 0.6 is 0 Å². The first-order valence-electron chi connectivity index (χ1n) is 16.2. The van der Waals surface area contributed by atoms with Crippen LogP contribution in [0.15, 0.2) is 91.8 Å². The summed E-state index contributed by atoms with van der Waals surface area (Å²) in [6, 6.07) is 17.7. The molecule has 0 radical (unpaired) electrons. The SMILES string of the molecule is C=C/C=C(/c1cc(F)cc(CCCN(C)C)c1)c1nc(-c2n[nH]c(=C)/c2=C\C(=C/C)c2cncc(CNCc3ccccc3)c2)[nH]c1C. The molecular formula is C40H44FN7. The van der Waals surface area contributed by atoms with E-state index in [0.29, 0.717) is 29.1 Å². The summed E-state index contributed by atoms with van der Waals surface area (Å²) in [6.45, 7) is 14.5.